The van der Waals surface area contributed by atoms with Gasteiger partial charge in [-0.25, -0.2) is 0 Å². The van der Waals surface area contributed by atoms with Gasteiger partial charge >= 0.3 is 71.9 Å². The SMILES string of the molecule is CO[Si](OC)(OC)O[Si](CCCNCCC[Si](O[Si](OC)(OC)OC)(O[Si](OC)(OC)OC)O[Si](OC)(OC)OC)(O[Si](OC)(OC)OC)O[Si](OC)(OC)OC. The topological polar surface area (TPSA) is 234 Å². The Kier molecular flexibility index (Phi) is 28.1. The Balaban J connectivity index is 6.84. The average molecular weight is 978 g/mol. The van der Waals surface area contributed by atoms with E-state index in [1.54, 1.807) is 0 Å². The second-order valence-electron chi connectivity index (χ2n) is 10.6. The quantitative estimate of drug-likeness (QED) is 0.0612. The molecule has 0 aromatic heterocycles. The van der Waals surface area contributed by atoms with E-state index in [2.05, 4.69) is 5.32 Å². The van der Waals surface area contributed by atoms with Crippen LogP contribution in [0.4, 0.5) is 0 Å². The fourth-order valence-electron chi connectivity index (χ4n) is 4.81. The highest BCUT2D eigenvalue weighted by Crippen LogP contribution is 2.34. The van der Waals surface area contributed by atoms with Gasteiger partial charge < -0.3 is 110 Å². The van der Waals surface area contributed by atoms with Crippen LogP contribution in [0.5, 0.6) is 0 Å². The summed E-state index contributed by atoms with van der Waals surface area (Å²) in [6.07, 6.45) is 0.687. The molecular formula is C24H67NO24Si8. The van der Waals surface area contributed by atoms with Gasteiger partial charge in [0.25, 0.3) is 0 Å². The lowest BCUT2D eigenvalue weighted by Crippen LogP contribution is -2.69. The first-order valence-corrected chi connectivity index (χ1v) is 30.5. The summed E-state index contributed by atoms with van der Waals surface area (Å²) >= 11 is 0. The van der Waals surface area contributed by atoms with Crippen molar-refractivity contribution in [1.29, 1.82) is 0 Å². The minimum Gasteiger partial charge on any atom is -0.355 e. The van der Waals surface area contributed by atoms with E-state index in [0.29, 0.717) is 25.9 Å². The molecule has 33 heteroatoms. The normalized spacial score (nSPS) is 14.2. The molecule has 1 N–H and O–H groups in total. The van der Waals surface area contributed by atoms with E-state index in [0.717, 1.165) is 0 Å². The lowest BCUT2D eigenvalue weighted by molar-refractivity contribution is -0.0285. The summed E-state index contributed by atoms with van der Waals surface area (Å²) in [5, 5.41) is 3.38. The van der Waals surface area contributed by atoms with Crippen molar-refractivity contribution < 1.29 is 104 Å². The molecule has 25 nitrogen and oxygen atoms in total. The highest BCUT2D eigenvalue weighted by molar-refractivity contribution is 6.83. The third-order valence-electron chi connectivity index (χ3n) is 7.86. The highest BCUT2D eigenvalue weighted by Gasteiger charge is 2.67. The monoisotopic (exact) mass is 977 g/mol. The number of rotatable bonds is 38. The van der Waals surface area contributed by atoms with E-state index in [9.17, 15) is 0 Å². The zero-order chi connectivity index (χ0) is 43.9. The Labute approximate surface area is 346 Å². The van der Waals surface area contributed by atoms with Gasteiger partial charge in [0, 0.05) is 140 Å². The van der Waals surface area contributed by atoms with Gasteiger partial charge in [0.15, 0.2) is 0 Å². The molecule has 0 rings (SSSR count). The molecule has 0 saturated heterocycles. The summed E-state index contributed by atoms with van der Waals surface area (Å²) in [5.41, 5.74) is 0. The molecule has 0 aliphatic carbocycles. The zero-order valence-electron chi connectivity index (χ0n) is 36.5. The zero-order valence-corrected chi connectivity index (χ0v) is 44.5. The van der Waals surface area contributed by atoms with Gasteiger partial charge in [-0.2, -0.15) is 0 Å². The van der Waals surface area contributed by atoms with E-state index >= 15 is 0 Å². The summed E-state index contributed by atoms with van der Waals surface area (Å²) in [4.78, 5) is 0. The van der Waals surface area contributed by atoms with Gasteiger partial charge in [0.1, 0.15) is 0 Å². The van der Waals surface area contributed by atoms with E-state index in [1.165, 1.54) is 128 Å². The molecule has 0 aliphatic rings. The van der Waals surface area contributed by atoms with Gasteiger partial charge in [0.2, 0.25) is 0 Å². The van der Waals surface area contributed by atoms with Gasteiger partial charge in [-0.3, -0.25) is 0 Å². The van der Waals surface area contributed by atoms with Crippen molar-refractivity contribution in [2.45, 2.75) is 24.9 Å². The molecule has 0 saturated carbocycles. The first-order valence-electron chi connectivity index (χ1n) is 16.9. The van der Waals surface area contributed by atoms with Gasteiger partial charge in [0.05, 0.1) is 0 Å². The smallest absolute Gasteiger partial charge is 0.355 e. The Hall–Kier alpha value is 0.735. The molecule has 57 heavy (non-hydrogen) atoms. The van der Waals surface area contributed by atoms with Crippen LogP contribution >= 0.6 is 0 Å². The molecule has 0 unspecified atom stereocenters. The minimum absolute atomic E-state index is 0.0609. The molecule has 344 valence electrons. The van der Waals surface area contributed by atoms with Crippen molar-refractivity contribution in [1.82, 2.24) is 5.32 Å². The van der Waals surface area contributed by atoms with Gasteiger partial charge in [-0.15, -0.1) is 0 Å². The van der Waals surface area contributed by atoms with Crippen molar-refractivity contribution in [3.05, 3.63) is 0 Å². The summed E-state index contributed by atoms with van der Waals surface area (Å²) in [6.45, 7) is 0.721. The Bertz CT molecular complexity index is 807. The van der Waals surface area contributed by atoms with E-state index in [1.807, 2.05) is 0 Å². The van der Waals surface area contributed by atoms with Crippen LogP contribution in [0, 0.1) is 0 Å². The van der Waals surface area contributed by atoms with Crippen molar-refractivity contribution in [3.63, 3.8) is 0 Å². The van der Waals surface area contributed by atoms with E-state index in [4.69, 9.17) is 104 Å². The molecule has 0 aromatic carbocycles. The van der Waals surface area contributed by atoms with E-state index in [-0.39, 0.29) is 12.1 Å². The maximum absolute atomic E-state index is 6.49. The molecule has 0 radical (unpaired) electrons. The van der Waals surface area contributed by atoms with Crippen LogP contribution in [0.15, 0.2) is 0 Å². The summed E-state index contributed by atoms with van der Waals surface area (Å²) < 4.78 is 140. The summed E-state index contributed by atoms with van der Waals surface area (Å²) in [5.74, 6) is 0. The number of hydrogen-bond acceptors (Lipinski definition) is 25. The molecule has 0 heterocycles. The highest BCUT2D eigenvalue weighted by atomic mass is 28.5. The van der Waals surface area contributed by atoms with Gasteiger partial charge in [-0.05, 0) is 25.9 Å². The van der Waals surface area contributed by atoms with Gasteiger partial charge in [-0.1, -0.05) is 0 Å². The Morgan fingerprint density at radius 2 is 0.386 bits per heavy atom. The molecule has 0 spiro atoms. The Morgan fingerprint density at radius 1 is 0.246 bits per heavy atom. The van der Waals surface area contributed by atoms with Crippen LogP contribution in [-0.4, -0.2) is 213 Å². The summed E-state index contributed by atoms with van der Waals surface area (Å²) in [7, 11) is -7.67. The molecule has 0 atom stereocenters. The molecule has 0 aliphatic heterocycles. The predicted octanol–water partition coefficient (Wildman–Crippen LogP) is -0.418. The second kappa shape index (κ2) is 27.7. The molecule has 0 bridgehead atoms. The number of nitrogens with one attached hydrogen (secondary N) is 1. The first kappa shape index (κ1) is 57.7. The fourth-order valence-corrected chi connectivity index (χ4v) is 29.9. The van der Waals surface area contributed by atoms with Crippen molar-refractivity contribution in [3.8, 4) is 0 Å². The van der Waals surface area contributed by atoms with Crippen LogP contribution in [0.3, 0.4) is 0 Å². The van der Waals surface area contributed by atoms with Crippen LogP contribution in [0.25, 0.3) is 0 Å². The van der Waals surface area contributed by atoms with E-state index < -0.39 is 71.9 Å². The summed E-state index contributed by atoms with van der Waals surface area (Å²) in [6, 6.07) is 0.122. The average Bonchev–Trinajstić information content (AvgIpc) is 3.27. The van der Waals surface area contributed by atoms with Crippen LogP contribution in [-0.2, 0) is 104 Å². The lowest BCUT2D eigenvalue weighted by atomic mass is 10.4. The fraction of sp³-hybridized carbons (Fsp3) is 1.00. The molecule has 0 amide bonds. The van der Waals surface area contributed by atoms with Crippen LogP contribution < -0.4 is 5.32 Å². The Morgan fingerprint density at radius 3 is 0.509 bits per heavy atom. The standard InChI is InChI=1S/C24H67NO24Si8/c1-26-52(27-2,28-3)44-50(45-53(29-4,30-5)31-6,46-54(32-7,33-8)34-9)23-19-21-25-22-20-24-51(47-55(35-10,36-11)37-12,48-56(38-13,39-14)40-15)49-57(41-16,42-17)43-18/h25H,19-24H2,1-18H3. The van der Waals surface area contributed by atoms with Crippen LogP contribution in [0.1, 0.15) is 12.8 Å². The minimum atomic E-state index is -4.25. The maximum Gasteiger partial charge on any atom is 0.671 e. The van der Waals surface area contributed by atoms with Crippen molar-refractivity contribution in [2.75, 3.05) is 141 Å². The third-order valence-corrected chi connectivity index (χ3v) is 32.3. The first-order chi connectivity index (χ1) is 27.0. The molecular weight excluding hydrogens is 911 g/mol. The predicted molar refractivity (Wildman–Crippen MR) is 210 cm³/mol. The van der Waals surface area contributed by atoms with Crippen molar-refractivity contribution in [2.24, 2.45) is 0 Å². The molecule has 0 fully saturated rings. The lowest BCUT2D eigenvalue weighted by Gasteiger charge is -2.41. The largest absolute Gasteiger partial charge is 0.671 e. The molecule has 0 aromatic rings. The number of hydrogen-bond donors (Lipinski definition) is 1. The third kappa shape index (κ3) is 16.1. The van der Waals surface area contributed by atoms with Crippen LogP contribution in [0.2, 0.25) is 12.1 Å². The maximum atomic E-state index is 6.49. The second-order valence-corrected chi connectivity index (χ2v) is 32.6. The van der Waals surface area contributed by atoms with Crippen molar-refractivity contribution >= 4 is 71.9 Å².